The molecule has 3 aromatic rings. The molecule has 26 heavy (non-hydrogen) atoms. The van der Waals surface area contributed by atoms with Gasteiger partial charge in [-0.25, -0.2) is 0 Å². The molecule has 0 aliphatic rings. The maximum Gasteiger partial charge on any atom is 0.416 e. The highest BCUT2D eigenvalue weighted by atomic mass is 19.4. The van der Waals surface area contributed by atoms with Crippen LogP contribution in [-0.2, 0) is 17.4 Å². The maximum absolute atomic E-state index is 12.9. The largest absolute Gasteiger partial charge is 0.481 e. The number of carboxylic acid groups (broad SMARTS) is 1. The number of alkyl halides is 3. The summed E-state index contributed by atoms with van der Waals surface area (Å²) in [7, 11) is 0. The van der Waals surface area contributed by atoms with Gasteiger partial charge in [0.15, 0.2) is 0 Å². The number of hydrogen-bond acceptors (Lipinski definition) is 2. The Labute approximate surface area is 146 Å². The predicted octanol–water partition coefficient (Wildman–Crippen LogP) is 4.28. The molecule has 4 nitrogen and oxygen atoms in total. The lowest BCUT2D eigenvalue weighted by atomic mass is 10.1. The van der Waals surface area contributed by atoms with E-state index in [1.165, 1.54) is 4.57 Å². The maximum atomic E-state index is 12.9. The number of benzene rings is 2. The summed E-state index contributed by atoms with van der Waals surface area (Å²) in [5, 5.41) is 9.75. The number of aromatic nitrogens is 1. The highest BCUT2D eigenvalue weighted by molar-refractivity contribution is 6.04. The first-order valence-corrected chi connectivity index (χ1v) is 7.73. The summed E-state index contributed by atoms with van der Waals surface area (Å²) in [6.45, 7) is 1.63. The van der Waals surface area contributed by atoms with Crippen LogP contribution < -0.4 is 0 Å². The minimum absolute atomic E-state index is 0.0868. The second-order valence-corrected chi connectivity index (χ2v) is 5.87. The van der Waals surface area contributed by atoms with Gasteiger partial charge in [-0.05, 0) is 42.8 Å². The van der Waals surface area contributed by atoms with Crippen molar-refractivity contribution in [2.45, 2.75) is 19.5 Å². The molecule has 0 fully saturated rings. The van der Waals surface area contributed by atoms with Gasteiger partial charge in [0.2, 0.25) is 0 Å². The number of rotatable bonds is 3. The Morgan fingerprint density at radius 1 is 1.04 bits per heavy atom. The van der Waals surface area contributed by atoms with E-state index < -0.39 is 23.6 Å². The average Bonchev–Trinajstić information content (AvgIpc) is 2.85. The molecule has 1 aromatic heterocycles. The smallest absolute Gasteiger partial charge is 0.416 e. The molecule has 0 bridgehead atoms. The number of hydrogen-bond donors (Lipinski definition) is 1. The minimum Gasteiger partial charge on any atom is -0.481 e. The van der Waals surface area contributed by atoms with Crippen molar-refractivity contribution in [2.75, 3.05) is 0 Å². The van der Waals surface area contributed by atoms with Crippen LogP contribution in [0.2, 0.25) is 0 Å². The van der Waals surface area contributed by atoms with Crippen molar-refractivity contribution in [1.29, 1.82) is 0 Å². The number of aliphatic carboxylic acids is 1. The highest BCUT2D eigenvalue weighted by Crippen LogP contribution is 2.30. The second kappa shape index (κ2) is 6.33. The van der Waals surface area contributed by atoms with Gasteiger partial charge in [0, 0.05) is 16.6 Å². The van der Waals surface area contributed by atoms with Gasteiger partial charge in [-0.1, -0.05) is 18.2 Å². The van der Waals surface area contributed by atoms with Gasteiger partial charge in [-0.2, -0.15) is 13.2 Å². The Morgan fingerprint density at radius 3 is 2.23 bits per heavy atom. The first-order chi connectivity index (χ1) is 12.2. The molecule has 0 spiro atoms. The van der Waals surface area contributed by atoms with Crippen molar-refractivity contribution >= 4 is 22.8 Å². The van der Waals surface area contributed by atoms with Gasteiger partial charge in [0.25, 0.3) is 5.91 Å². The molecule has 3 rings (SSSR count). The van der Waals surface area contributed by atoms with Crippen LogP contribution >= 0.6 is 0 Å². The molecule has 0 radical (unpaired) electrons. The van der Waals surface area contributed by atoms with Crippen LogP contribution in [0.4, 0.5) is 13.2 Å². The van der Waals surface area contributed by atoms with E-state index in [-0.39, 0.29) is 12.0 Å². The van der Waals surface area contributed by atoms with E-state index in [0.29, 0.717) is 22.2 Å². The summed E-state index contributed by atoms with van der Waals surface area (Å²) in [4.78, 5) is 24.0. The van der Waals surface area contributed by atoms with Crippen LogP contribution in [0.15, 0.2) is 48.5 Å². The van der Waals surface area contributed by atoms with E-state index in [9.17, 15) is 22.8 Å². The zero-order valence-corrected chi connectivity index (χ0v) is 13.7. The Balaban J connectivity index is 2.11. The van der Waals surface area contributed by atoms with Crippen molar-refractivity contribution in [3.8, 4) is 0 Å². The zero-order valence-electron chi connectivity index (χ0n) is 13.7. The molecule has 0 saturated heterocycles. The van der Waals surface area contributed by atoms with Crippen molar-refractivity contribution in [3.05, 3.63) is 70.9 Å². The normalized spacial score (nSPS) is 11.7. The third-order valence-electron chi connectivity index (χ3n) is 4.23. The van der Waals surface area contributed by atoms with Gasteiger partial charge in [0.05, 0.1) is 17.5 Å². The number of carbonyl (C=O) groups excluding carboxylic acids is 1. The van der Waals surface area contributed by atoms with Gasteiger partial charge in [0.1, 0.15) is 0 Å². The fourth-order valence-electron chi connectivity index (χ4n) is 3.00. The van der Waals surface area contributed by atoms with Crippen LogP contribution in [0.3, 0.4) is 0 Å². The van der Waals surface area contributed by atoms with Gasteiger partial charge < -0.3 is 5.11 Å². The molecule has 134 valence electrons. The monoisotopic (exact) mass is 361 g/mol. The molecule has 1 heterocycles. The van der Waals surface area contributed by atoms with E-state index in [0.717, 1.165) is 24.3 Å². The quantitative estimate of drug-likeness (QED) is 0.757. The standard InChI is InChI=1S/C19H14F3NO3/c1-11-15(10-17(24)25)14-4-2-3-5-16(14)23(11)18(26)12-6-8-13(9-7-12)19(20,21)22/h2-9H,10H2,1H3,(H,24,25). The summed E-state index contributed by atoms with van der Waals surface area (Å²) >= 11 is 0. The molecule has 0 unspecified atom stereocenters. The predicted molar refractivity (Wildman–Crippen MR) is 89.2 cm³/mol. The van der Waals surface area contributed by atoms with Crippen molar-refractivity contribution in [2.24, 2.45) is 0 Å². The molecule has 1 N–H and O–H groups in total. The van der Waals surface area contributed by atoms with Gasteiger partial charge in [-0.3, -0.25) is 14.2 Å². The number of fused-ring (bicyclic) bond motifs is 1. The van der Waals surface area contributed by atoms with Crippen LogP contribution in [0.1, 0.15) is 27.2 Å². The Kier molecular flexibility index (Phi) is 4.31. The lowest BCUT2D eigenvalue weighted by molar-refractivity contribution is -0.138. The molecule has 0 saturated carbocycles. The molecule has 0 aliphatic carbocycles. The topological polar surface area (TPSA) is 59.3 Å². The summed E-state index contributed by atoms with van der Waals surface area (Å²) < 4.78 is 39.4. The molecule has 2 aromatic carbocycles. The number of halogens is 3. The van der Waals surface area contributed by atoms with Crippen molar-refractivity contribution < 1.29 is 27.9 Å². The van der Waals surface area contributed by atoms with E-state index in [1.807, 2.05) is 0 Å². The summed E-state index contributed by atoms with van der Waals surface area (Å²) in [5.74, 6) is -1.54. The third kappa shape index (κ3) is 3.08. The van der Waals surface area contributed by atoms with E-state index in [2.05, 4.69) is 0 Å². The molecule has 0 atom stereocenters. The summed E-state index contributed by atoms with van der Waals surface area (Å²) in [6, 6.07) is 10.8. The molecule has 0 aliphatic heterocycles. The van der Waals surface area contributed by atoms with E-state index in [1.54, 1.807) is 31.2 Å². The fraction of sp³-hybridized carbons (Fsp3) is 0.158. The van der Waals surface area contributed by atoms with Crippen LogP contribution in [-0.4, -0.2) is 21.6 Å². The zero-order chi connectivity index (χ0) is 19.1. The second-order valence-electron chi connectivity index (χ2n) is 5.87. The number of para-hydroxylation sites is 1. The Morgan fingerprint density at radius 2 is 1.65 bits per heavy atom. The van der Waals surface area contributed by atoms with Crippen LogP contribution in [0.5, 0.6) is 0 Å². The Bertz CT molecular complexity index is 1000. The summed E-state index contributed by atoms with van der Waals surface area (Å²) in [5.41, 5.74) is 0.733. The van der Waals surface area contributed by atoms with Crippen LogP contribution in [0.25, 0.3) is 10.9 Å². The van der Waals surface area contributed by atoms with Gasteiger partial charge in [-0.15, -0.1) is 0 Å². The molecule has 0 amide bonds. The first-order valence-electron chi connectivity index (χ1n) is 7.73. The molecule has 7 heteroatoms. The fourth-order valence-corrected chi connectivity index (χ4v) is 3.00. The van der Waals surface area contributed by atoms with E-state index in [4.69, 9.17) is 5.11 Å². The number of carbonyl (C=O) groups is 2. The lowest BCUT2D eigenvalue weighted by Gasteiger charge is -2.10. The number of carboxylic acids is 1. The van der Waals surface area contributed by atoms with Crippen molar-refractivity contribution in [3.63, 3.8) is 0 Å². The highest BCUT2D eigenvalue weighted by Gasteiger charge is 2.30. The van der Waals surface area contributed by atoms with E-state index >= 15 is 0 Å². The lowest BCUT2D eigenvalue weighted by Crippen LogP contribution is -2.15. The molecular weight excluding hydrogens is 347 g/mol. The SMILES string of the molecule is Cc1c(CC(=O)O)c2ccccc2n1C(=O)c1ccc(C(F)(F)F)cc1. The third-order valence-corrected chi connectivity index (χ3v) is 4.23. The Hall–Kier alpha value is -3.09. The number of nitrogens with zero attached hydrogens (tertiary/aromatic N) is 1. The van der Waals surface area contributed by atoms with Gasteiger partial charge >= 0.3 is 12.1 Å². The molecular formula is C19H14F3NO3. The summed E-state index contributed by atoms with van der Waals surface area (Å²) in [6.07, 6.45) is -4.73. The minimum atomic E-state index is -4.48. The van der Waals surface area contributed by atoms with Crippen molar-refractivity contribution in [1.82, 2.24) is 4.57 Å². The average molecular weight is 361 g/mol. The van der Waals surface area contributed by atoms with Crippen LogP contribution in [0, 0.1) is 6.92 Å². The first kappa shape index (κ1) is 17.7.